The summed E-state index contributed by atoms with van der Waals surface area (Å²) in [7, 11) is 0. The van der Waals surface area contributed by atoms with Gasteiger partial charge in [0.2, 0.25) is 5.91 Å². The van der Waals surface area contributed by atoms with Gasteiger partial charge in [0.1, 0.15) is 11.6 Å². The van der Waals surface area contributed by atoms with Crippen LogP contribution >= 0.6 is 11.3 Å². The standard InChI is InChI=1S/C40H36F2N10O4S/c41-30-13-23(12-28-29(30)19-52(38(28)55)36(37(54)47-39-43-8-11-57-39)35-33-2-1-9-48(33)21-45-35)22-3-5-24(6-4-22)51-18-26-14-27(51)17-49(26)20-32-31(42)15-25(16-44-32)50-10-7-34(53)46-40(50)56/h3-6,8,11-13,15-16,21,26-27,36H,1-2,7,9-10,14,17-20H2,(H,43,47,54)(H,46,53,56)/t26-,27-,36?/m1/s1. The zero-order valence-corrected chi connectivity index (χ0v) is 31.3. The largest absolute Gasteiger partial charge is 0.366 e. The van der Waals surface area contributed by atoms with Gasteiger partial charge in [-0.2, -0.15) is 0 Å². The van der Waals surface area contributed by atoms with Gasteiger partial charge in [0.15, 0.2) is 11.2 Å². The van der Waals surface area contributed by atoms with Crippen molar-refractivity contribution < 1.29 is 28.0 Å². The Kier molecular flexibility index (Phi) is 8.58. The Morgan fingerprint density at radius 1 is 0.947 bits per heavy atom. The number of fused-ring (bicyclic) bond motifs is 4. The molecule has 1 unspecified atom stereocenters. The SMILES string of the molecule is O=C1CCN(c2cnc(CN3C[C@H]4C[C@@H]3CN4c3ccc(-c4cc(F)c5c(c4)C(=O)N(C(C(=O)Nc4nccs4)c4ncn6c4CCC6)C5)cc3)c(F)c2)C(=O)N1. The number of carbonyl (C=O) groups excluding carboxylic acids is 4. The fourth-order valence-corrected chi connectivity index (χ4v) is 9.52. The highest BCUT2D eigenvalue weighted by Gasteiger charge is 2.44. The number of hydrogen-bond acceptors (Lipinski definition) is 10. The Bertz CT molecular complexity index is 2460. The molecule has 0 radical (unpaired) electrons. The van der Waals surface area contributed by atoms with Crippen molar-refractivity contribution in [1.29, 1.82) is 0 Å². The number of benzene rings is 2. The summed E-state index contributed by atoms with van der Waals surface area (Å²) in [6, 6.07) is 11.1. The van der Waals surface area contributed by atoms with E-state index in [0.29, 0.717) is 34.3 Å². The number of imide groups is 1. The quantitative estimate of drug-likeness (QED) is 0.213. The summed E-state index contributed by atoms with van der Waals surface area (Å²) in [6.07, 6.45) is 7.47. The number of hydrogen-bond donors (Lipinski definition) is 2. The number of aryl methyl sites for hydroxylation is 1. The lowest BCUT2D eigenvalue weighted by atomic mass is 9.99. The summed E-state index contributed by atoms with van der Waals surface area (Å²) in [4.78, 5) is 72.0. The van der Waals surface area contributed by atoms with E-state index in [1.807, 2.05) is 28.8 Å². The van der Waals surface area contributed by atoms with Gasteiger partial charge in [-0.3, -0.25) is 39.8 Å². The van der Waals surface area contributed by atoms with E-state index in [0.717, 1.165) is 55.8 Å². The molecular formula is C40H36F2N10O4S. The number of piperazine rings is 1. The second-order valence-corrected chi connectivity index (χ2v) is 16.0. The molecule has 10 rings (SSSR count). The third-order valence-corrected chi connectivity index (χ3v) is 12.5. The summed E-state index contributed by atoms with van der Waals surface area (Å²) < 4.78 is 33.1. The third-order valence-electron chi connectivity index (χ3n) is 11.8. The van der Waals surface area contributed by atoms with E-state index in [1.165, 1.54) is 39.5 Å². The fraction of sp³-hybridized carbons (Fsp3) is 0.325. The molecule has 14 nitrogen and oxygen atoms in total. The summed E-state index contributed by atoms with van der Waals surface area (Å²) >= 11 is 1.27. The number of carbonyl (C=O) groups is 4. The molecule has 3 atom stereocenters. The smallest absolute Gasteiger partial charge is 0.328 e. The average Bonchev–Trinajstić information content (AvgIpc) is 4.06. The number of imidazole rings is 1. The van der Waals surface area contributed by atoms with Gasteiger partial charge in [0.05, 0.1) is 36.1 Å². The summed E-state index contributed by atoms with van der Waals surface area (Å²) in [5.41, 5.74) is 4.82. The van der Waals surface area contributed by atoms with Crippen LogP contribution in [0.1, 0.15) is 58.3 Å². The monoisotopic (exact) mass is 790 g/mol. The zero-order valence-electron chi connectivity index (χ0n) is 30.5. The van der Waals surface area contributed by atoms with E-state index < -0.39 is 35.5 Å². The summed E-state index contributed by atoms with van der Waals surface area (Å²) in [5.74, 6) is -2.24. The predicted octanol–water partition coefficient (Wildman–Crippen LogP) is 4.87. The van der Waals surface area contributed by atoms with Crippen LogP contribution in [-0.2, 0) is 35.6 Å². The van der Waals surface area contributed by atoms with E-state index >= 15 is 8.78 Å². The molecule has 0 aliphatic carbocycles. The topological polar surface area (TPSA) is 149 Å². The van der Waals surface area contributed by atoms with Crippen LogP contribution in [0.5, 0.6) is 0 Å². The van der Waals surface area contributed by atoms with Gasteiger partial charge in [-0.15, -0.1) is 11.3 Å². The van der Waals surface area contributed by atoms with Gasteiger partial charge >= 0.3 is 6.03 Å². The molecule has 2 aromatic carbocycles. The van der Waals surface area contributed by atoms with E-state index in [9.17, 15) is 19.2 Å². The van der Waals surface area contributed by atoms with Crippen molar-refractivity contribution in [2.24, 2.45) is 0 Å². The van der Waals surface area contributed by atoms with E-state index in [-0.39, 0.29) is 48.6 Å². The second kappa shape index (κ2) is 13.8. The van der Waals surface area contributed by atoms with E-state index in [2.05, 4.69) is 35.4 Å². The number of pyridine rings is 1. The number of nitrogens with one attached hydrogen (secondary N) is 2. The molecule has 290 valence electrons. The lowest BCUT2D eigenvalue weighted by molar-refractivity contribution is -0.121. The van der Waals surface area contributed by atoms with Gasteiger partial charge in [0, 0.05) is 91.4 Å². The Morgan fingerprint density at radius 3 is 2.56 bits per heavy atom. The maximum Gasteiger partial charge on any atom is 0.328 e. The molecule has 5 amide bonds. The number of amides is 5. The van der Waals surface area contributed by atoms with E-state index in [1.54, 1.807) is 24.0 Å². The van der Waals surface area contributed by atoms with Crippen molar-refractivity contribution in [1.82, 2.24) is 34.6 Å². The van der Waals surface area contributed by atoms with Crippen molar-refractivity contribution in [3.63, 3.8) is 0 Å². The van der Waals surface area contributed by atoms with Gasteiger partial charge in [-0.05, 0) is 54.7 Å². The molecule has 2 N–H and O–H groups in total. The molecule has 3 fully saturated rings. The molecule has 8 heterocycles. The lowest BCUT2D eigenvalue weighted by Crippen LogP contribution is -2.49. The van der Waals surface area contributed by atoms with Crippen LogP contribution in [-0.4, -0.2) is 84.8 Å². The molecule has 3 aromatic heterocycles. The van der Waals surface area contributed by atoms with Crippen LogP contribution in [0.25, 0.3) is 11.1 Å². The first-order chi connectivity index (χ1) is 27.7. The highest BCUT2D eigenvalue weighted by molar-refractivity contribution is 7.13. The van der Waals surface area contributed by atoms with Crippen LogP contribution in [0.2, 0.25) is 0 Å². The Morgan fingerprint density at radius 2 is 1.81 bits per heavy atom. The molecule has 57 heavy (non-hydrogen) atoms. The Hall–Kier alpha value is -6.07. The first-order valence-corrected chi connectivity index (χ1v) is 19.8. The maximum atomic E-state index is 15.9. The Labute approximate surface area is 329 Å². The maximum absolute atomic E-state index is 15.9. The number of thiazole rings is 1. The third kappa shape index (κ3) is 6.21. The Balaban J connectivity index is 0.825. The van der Waals surface area contributed by atoms with Crippen LogP contribution in [0.3, 0.4) is 0 Å². The number of aromatic nitrogens is 4. The van der Waals surface area contributed by atoms with Gasteiger partial charge in [0.25, 0.3) is 11.8 Å². The minimum atomic E-state index is -1.06. The number of anilines is 3. The van der Waals surface area contributed by atoms with Crippen LogP contribution < -0.4 is 20.4 Å². The minimum Gasteiger partial charge on any atom is -0.366 e. The fourth-order valence-electron chi connectivity index (χ4n) is 8.99. The number of halogens is 2. The van der Waals surface area contributed by atoms with Crippen molar-refractivity contribution >= 4 is 51.6 Å². The normalized spacial score (nSPS) is 20.7. The molecular weight excluding hydrogens is 755 g/mol. The average molecular weight is 791 g/mol. The highest BCUT2D eigenvalue weighted by atomic mass is 32.1. The van der Waals surface area contributed by atoms with Crippen molar-refractivity contribution in [2.45, 2.75) is 63.4 Å². The molecule has 17 heteroatoms. The molecule has 5 aliphatic rings. The highest BCUT2D eigenvalue weighted by Crippen LogP contribution is 2.40. The van der Waals surface area contributed by atoms with Gasteiger partial charge in [-0.25, -0.2) is 23.5 Å². The van der Waals surface area contributed by atoms with Crippen molar-refractivity contribution in [3.8, 4) is 11.1 Å². The van der Waals surface area contributed by atoms with Gasteiger partial charge in [-0.1, -0.05) is 12.1 Å². The molecule has 5 aliphatic heterocycles. The lowest BCUT2D eigenvalue weighted by Gasteiger charge is -2.35. The molecule has 0 saturated carbocycles. The first-order valence-electron chi connectivity index (χ1n) is 18.9. The van der Waals surface area contributed by atoms with Gasteiger partial charge < -0.3 is 14.4 Å². The van der Waals surface area contributed by atoms with Crippen LogP contribution in [0.15, 0.2) is 66.6 Å². The first kappa shape index (κ1) is 35.4. The molecule has 0 spiro atoms. The van der Waals surface area contributed by atoms with Crippen LogP contribution in [0.4, 0.5) is 30.1 Å². The number of nitrogens with zero attached hydrogens (tertiary/aromatic N) is 8. The molecule has 5 aromatic rings. The minimum absolute atomic E-state index is 0.0650. The summed E-state index contributed by atoms with van der Waals surface area (Å²) in [5, 5.41) is 7.23. The number of rotatable bonds is 9. The van der Waals surface area contributed by atoms with E-state index in [4.69, 9.17) is 0 Å². The number of likely N-dealkylation sites (tertiary alicyclic amines) is 1. The van der Waals surface area contributed by atoms with Crippen molar-refractivity contribution in [2.75, 3.05) is 34.8 Å². The second-order valence-electron chi connectivity index (χ2n) is 15.1. The predicted molar refractivity (Wildman–Crippen MR) is 205 cm³/mol. The van der Waals surface area contributed by atoms with Crippen LogP contribution in [0, 0.1) is 11.6 Å². The summed E-state index contributed by atoms with van der Waals surface area (Å²) in [6.45, 7) is 2.71. The number of urea groups is 1. The molecule has 3 saturated heterocycles. The molecule has 2 bridgehead atoms. The van der Waals surface area contributed by atoms with Crippen molar-refractivity contribution in [3.05, 3.63) is 106 Å². The zero-order chi connectivity index (χ0) is 38.9.